The third-order valence-corrected chi connectivity index (χ3v) is 2.04. The van der Waals surface area contributed by atoms with Crippen LogP contribution >= 0.6 is 0 Å². The van der Waals surface area contributed by atoms with Crippen molar-refractivity contribution >= 4 is 5.69 Å². The smallest absolute Gasteiger partial charge is 0.287 e. The zero-order valence-corrected chi connectivity index (χ0v) is 8.10. The first-order valence-electron chi connectivity index (χ1n) is 4.22. The van der Waals surface area contributed by atoms with Crippen molar-refractivity contribution in [3.8, 4) is 6.07 Å². The molecule has 0 saturated heterocycles. The van der Waals surface area contributed by atoms with Crippen LogP contribution in [0.3, 0.4) is 0 Å². The van der Waals surface area contributed by atoms with E-state index >= 15 is 0 Å². The number of nitriles is 1. The van der Waals surface area contributed by atoms with Gasteiger partial charge in [0, 0.05) is 12.0 Å². The fourth-order valence-corrected chi connectivity index (χ4v) is 1.13. The number of nitrogens with zero attached hydrogens (tertiary/aromatic N) is 2. The lowest BCUT2D eigenvalue weighted by Crippen LogP contribution is -2.02. The fourth-order valence-electron chi connectivity index (χ4n) is 1.13. The molecule has 1 aromatic carbocycles. The van der Waals surface area contributed by atoms with Gasteiger partial charge in [0.2, 0.25) is 0 Å². The van der Waals surface area contributed by atoms with E-state index in [0.29, 0.717) is 11.5 Å². The van der Waals surface area contributed by atoms with Crippen LogP contribution in [0, 0.1) is 27.4 Å². The molecule has 0 aromatic heterocycles. The van der Waals surface area contributed by atoms with Gasteiger partial charge in [0.05, 0.1) is 11.5 Å². The first kappa shape index (κ1) is 11.1. The van der Waals surface area contributed by atoms with Crippen molar-refractivity contribution in [2.45, 2.75) is 6.92 Å². The highest BCUT2D eigenvalue weighted by Crippen LogP contribution is 2.23. The van der Waals surface area contributed by atoms with E-state index in [1.807, 2.05) is 0 Å². The number of aliphatic hydroxyl groups is 1. The number of hydrogen-bond donors (Lipinski definition) is 1. The first-order valence-corrected chi connectivity index (χ1v) is 4.22. The van der Waals surface area contributed by atoms with E-state index in [2.05, 4.69) is 0 Å². The molecule has 0 heterocycles. The number of nitro benzene ring substituents is 1. The lowest BCUT2D eigenvalue weighted by molar-refractivity contribution is -0.385. The zero-order valence-electron chi connectivity index (χ0n) is 8.10. The predicted molar refractivity (Wildman–Crippen MR) is 52.9 cm³/mol. The van der Waals surface area contributed by atoms with Gasteiger partial charge in [-0.2, -0.15) is 5.26 Å². The molecule has 0 aliphatic carbocycles. The van der Waals surface area contributed by atoms with Crippen LogP contribution in [0.15, 0.2) is 18.2 Å². The van der Waals surface area contributed by atoms with E-state index in [4.69, 9.17) is 10.4 Å². The summed E-state index contributed by atoms with van der Waals surface area (Å²) in [5, 5.41) is 28.1. The second-order valence-corrected chi connectivity index (χ2v) is 3.04. The van der Waals surface area contributed by atoms with Gasteiger partial charge >= 0.3 is 0 Å². The summed E-state index contributed by atoms with van der Waals surface area (Å²) < 4.78 is 0. The Morgan fingerprint density at radius 1 is 1.67 bits per heavy atom. The number of nitro groups is 1. The van der Waals surface area contributed by atoms with E-state index in [1.165, 1.54) is 12.1 Å². The minimum atomic E-state index is -0.604. The summed E-state index contributed by atoms with van der Waals surface area (Å²) in [5.41, 5.74) is 0.362. The molecule has 0 aliphatic rings. The van der Waals surface area contributed by atoms with E-state index in [9.17, 15) is 10.1 Å². The minimum absolute atomic E-state index is 0.0227. The molecule has 1 rings (SSSR count). The molecule has 0 fully saturated rings. The Hall–Kier alpha value is -1.93. The largest absolute Gasteiger partial charge is 0.395 e. The molecule has 0 bridgehead atoms. The average molecular weight is 205 g/mol. The number of aliphatic hydroxyl groups excluding tert-OH is 1. The summed E-state index contributed by atoms with van der Waals surface area (Å²) in [7, 11) is 0. The Labute approximate surface area is 86.7 Å². The molecule has 0 spiro atoms. The zero-order chi connectivity index (χ0) is 11.4. The SMILES string of the molecule is C[C](CO)c1ccc(C#N)c([N+](=O)[O-])c1. The van der Waals surface area contributed by atoms with Crippen LogP contribution in [0.4, 0.5) is 5.69 Å². The molecule has 0 atom stereocenters. The summed E-state index contributed by atoms with van der Waals surface area (Å²) in [6.45, 7) is 1.51. The topological polar surface area (TPSA) is 87.2 Å². The number of hydrogen-bond acceptors (Lipinski definition) is 4. The molecule has 0 amide bonds. The van der Waals surface area contributed by atoms with Gasteiger partial charge in [0.15, 0.2) is 0 Å². The Morgan fingerprint density at radius 2 is 2.33 bits per heavy atom. The van der Waals surface area contributed by atoms with Crippen molar-refractivity contribution in [3.63, 3.8) is 0 Å². The summed E-state index contributed by atoms with van der Waals surface area (Å²) in [6, 6.07) is 6.01. The molecule has 5 nitrogen and oxygen atoms in total. The van der Waals surface area contributed by atoms with Gasteiger partial charge in [-0.1, -0.05) is 13.0 Å². The van der Waals surface area contributed by atoms with Crippen molar-refractivity contribution in [2.75, 3.05) is 6.61 Å². The maximum Gasteiger partial charge on any atom is 0.287 e. The lowest BCUT2D eigenvalue weighted by atomic mass is 10.00. The molecule has 0 unspecified atom stereocenters. The Bertz CT molecular complexity index is 423. The summed E-state index contributed by atoms with van der Waals surface area (Å²) in [6.07, 6.45) is 0. The van der Waals surface area contributed by atoms with E-state index in [-0.39, 0.29) is 17.9 Å². The predicted octanol–water partition coefficient (Wildman–Crippen LogP) is 1.40. The molecule has 1 radical (unpaired) electrons. The second-order valence-electron chi connectivity index (χ2n) is 3.04. The maximum absolute atomic E-state index is 10.6. The second kappa shape index (κ2) is 4.53. The van der Waals surface area contributed by atoms with Crippen molar-refractivity contribution in [3.05, 3.63) is 45.4 Å². The lowest BCUT2D eigenvalue weighted by Gasteiger charge is -2.06. The quantitative estimate of drug-likeness (QED) is 0.596. The van der Waals surface area contributed by atoms with Crippen LogP contribution in [-0.4, -0.2) is 16.6 Å². The minimum Gasteiger partial charge on any atom is -0.395 e. The van der Waals surface area contributed by atoms with Gasteiger partial charge in [-0.15, -0.1) is 0 Å². The Balaban J connectivity index is 3.23. The summed E-state index contributed by atoms with van der Waals surface area (Å²) in [5.74, 6) is 0.627. The molecule has 15 heavy (non-hydrogen) atoms. The van der Waals surface area contributed by atoms with Crippen LogP contribution in [0.1, 0.15) is 18.1 Å². The normalized spacial score (nSPS) is 10.0. The van der Waals surface area contributed by atoms with Gasteiger partial charge in [-0.3, -0.25) is 10.1 Å². The van der Waals surface area contributed by atoms with Crippen molar-refractivity contribution in [1.82, 2.24) is 0 Å². The van der Waals surface area contributed by atoms with E-state index in [1.54, 1.807) is 19.1 Å². The van der Waals surface area contributed by atoms with Crippen LogP contribution in [0.2, 0.25) is 0 Å². The highest BCUT2D eigenvalue weighted by molar-refractivity contribution is 5.52. The van der Waals surface area contributed by atoms with Gasteiger partial charge in [-0.25, -0.2) is 0 Å². The molecule has 1 N–H and O–H groups in total. The fraction of sp³-hybridized carbons (Fsp3) is 0.200. The first-order chi connectivity index (χ1) is 7.10. The van der Waals surface area contributed by atoms with E-state index in [0.717, 1.165) is 0 Å². The van der Waals surface area contributed by atoms with E-state index < -0.39 is 4.92 Å². The molecule has 1 aromatic rings. The average Bonchev–Trinajstić information content (AvgIpc) is 2.27. The highest BCUT2D eigenvalue weighted by Gasteiger charge is 2.16. The number of rotatable bonds is 3. The monoisotopic (exact) mass is 205 g/mol. The molecule has 77 valence electrons. The van der Waals surface area contributed by atoms with Crippen LogP contribution < -0.4 is 0 Å². The highest BCUT2D eigenvalue weighted by atomic mass is 16.6. The summed E-state index contributed by atoms with van der Waals surface area (Å²) >= 11 is 0. The van der Waals surface area contributed by atoms with Gasteiger partial charge < -0.3 is 5.11 Å². The Morgan fingerprint density at radius 3 is 2.80 bits per heavy atom. The van der Waals surface area contributed by atoms with Gasteiger partial charge in [0.25, 0.3) is 5.69 Å². The van der Waals surface area contributed by atoms with Gasteiger partial charge in [-0.05, 0) is 11.6 Å². The third kappa shape index (κ3) is 2.30. The number of benzene rings is 1. The molecule has 5 heteroatoms. The van der Waals surface area contributed by atoms with Crippen LogP contribution in [0.5, 0.6) is 0 Å². The molecular weight excluding hydrogens is 196 g/mol. The third-order valence-electron chi connectivity index (χ3n) is 2.04. The molecular formula is C10H9N2O3. The van der Waals surface area contributed by atoms with Crippen LogP contribution in [-0.2, 0) is 0 Å². The summed E-state index contributed by atoms with van der Waals surface area (Å²) in [4.78, 5) is 10.0. The Kier molecular flexibility index (Phi) is 3.37. The standard InChI is InChI=1S/C10H9N2O3/c1-7(6-13)8-2-3-9(5-11)10(4-8)12(14)15/h2-4,13H,6H2,1H3. The van der Waals surface area contributed by atoms with Crippen molar-refractivity contribution < 1.29 is 10.0 Å². The van der Waals surface area contributed by atoms with Crippen molar-refractivity contribution in [2.24, 2.45) is 0 Å². The molecule has 0 saturated carbocycles. The van der Waals surface area contributed by atoms with Crippen molar-refractivity contribution in [1.29, 1.82) is 5.26 Å². The van der Waals surface area contributed by atoms with Gasteiger partial charge in [0.1, 0.15) is 11.6 Å². The molecule has 0 aliphatic heterocycles. The van der Waals surface area contributed by atoms with Crippen LogP contribution in [0.25, 0.3) is 0 Å². The maximum atomic E-state index is 10.6.